The Morgan fingerprint density at radius 3 is 2.26 bits per heavy atom. The van der Waals surface area contributed by atoms with E-state index in [0.29, 0.717) is 40.4 Å². The predicted molar refractivity (Wildman–Crippen MR) is 293 cm³/mol. The molecule has 5 fully saturated rings. The topological polar surface area (TPSA) is 217 Å². The summed E-state index contributed by atoms with van der Waals surface area (Å²) in [5.41, 5.74) is 13.4. The molecule has 78 heavy (non-hydrogen) atoms. The van der Waals surface area contributed by atoms with Gasteiger partial charge in [-0.2, -0.15) is 0 Å². The number of piperidine rings is 1. The van der Waals surface area contributed by atoms with E-state index in [9.17, 15) is 19.4 Å². The van der Waals surface area contributed by atoms with E-state index < -0.39 is 23.8 Å². The van der Waals surface area contributed by atoms with E-state index in [4.69, 9.17) is 46.4 Å². The summed E-state index contributed by atoms with van der Waals surface area (Å²) >= 11 is 7.01. The molecule has 6 aliphatic rings. The van der Waals surface area contributed by atoms with E-state index in [-0.39, 0.29) is 71.2 Å². The number of piperazine rings is 1. The lowest BCUT2D eigenvalue weighted by Gasteiger charge is -2.42. The Labute approximate surface area is 457 Å². The number of ether oxygens (including phenoxy) is 1. The van der Waals surface area contributed by atoms with Crippen LogP contribution in [0.15, 0.2) is 101 Å². The van der Waals surface area contributed by atoms with Crippen LogP contribution in [-0.4, -0.2) is 126 Å². The first-order valence-corrected chi connectivity index (χ1v) is 27.9. The van der Waals surface area contributed by atoms with Crippen molar-refractivity contribution in [2.75, 3.05) is 48.3 Å². The number of nitrogens with two attached hydrogens (primary N) is 1. The third-order valence-corrected chi connectivity index (χ3v) is 17.5. The summed E-state index contributed by atoms with van der Waals surface area (Å²) in [5, 5.41) is 34.4. The fourth-order valence-electron chi connectivity index (χ4n) is 12.9. The van der Waals surface area contributed by atoms with E-state index in [1.54, 1.807) is 35.2 Å². The molecule has 20 heteroatoms. The average molecular weight is 1080 g/mol. The number of phenols is 1. The highest BCUT2D eigenvalue weighted by Gasteiger charge is 2.47. The molecule has 1 aliphatic carbocycles. The number of amidine groups is 1. The van der Waals surface area contributed by atoms with Gasteiger partial charge in [0.15, 0.2) is 11.6 Å². The molecule has 0 radical (unpaired) electrons. The molecule has 5 aliphatic heterocycles. The van der Waals surface area contributed by atoms with Gasteiger partial charge in [-0.3, -0.25) is 4.79 Å². The molecule has 4 saturated heterocycles. The van der Waals surface area contributed by atoms with Crippen LogP contribution in [-0.2, 0) is 15.4 Å². The van der Waals surface area contributed by atoms with Crippen molar-refractivity contribution in [3.63, 3.8) is 0 Å². The number of nitrogens with zero attached hydrogens (tertiary/aromatic N) is 10. The number of hydrogen-bond acceptors (Lipinski definition) is 17. The number of phenolic OH excluding ortho intramolecular Hbond substituents is 1. The van der Waals surface area contributed by atoms with Gasteiger partial charge in [-0.05, 0) is 124 Å². The summed E-state index contributed by atoms with van der Waals surface area (Å²) in [4.78, 5) is 44.5. The normalized spacial score (nSPS) is 26.1. The summed E-state index contributed by atoms with van der Waals surface area (Å²) in [6, 6.07) is 23.4. The number of aliphatic hydroxyl groups is 1. The maximum atomic E-state index is 14.6. The molecule has 8 heterocycles. The molecule has 408 valence electrons. The zero-order valence-corrected chi connectivity index (χ0v) is 44.8. The molecular weight excluding hydrogens is 1020 g/mol. The third-order valence-electron chi connectivity index (χ3n) is 17.2. The number of aromatic nitrogens is 5. The number of fused-ring (bicyclic) bond motifs is 2. The van der Waals surface area contributed by atoms with Crippen molar-refractivity contribution < 1.29 is 33.5 Å². The van der Waals surface area contributed by atoms with E-state index in [1.165, 1.54) is 11.6 Å². The molecule has 2 unspecified atom stereocenters. The lowest BCUT2D eigenvalue weighted by molar-refractivity contribution is -0.134. The van der Waals surface area contributed by atoms with Gasteiger partial charge in [-0.25, -0.2) is 29.7 Å². The first-order chi connectivity index (χ1) is 37.8. The SMILES string of the molecule is CC(C)[C@@H](C(=O)N1C[C@H](O)C[C@H]1C1=N[C@](C)(c2ccc(-c3ccccc3F)cc2)ON1)c1onc(OC2CCC(N3CCC(c4cnc(N5C6CCC5CN(c5cc(-c7ccccc7O)nnc5N)C6)nc4)CC3)CC2)c1Cl. The monoisotopic (exact) mass is 1080 g/mol. The molecule has 2 bridgehead atoms. The lowest BCUT2D eigenvalue weighted by Crippen LogP contribution is -2.54. The zero-order chi connectivity index (χ0) is 53.8. The van der Waals surface area contributed by atoms with Crippen molar-refractivity contribution in [3.8, 4) is 34.0 Å². The van der Waals surface area contributed by atoms with Crippen LogP contribution < -0.4 is 25.8 Å². The standard InChI is InChI=1S/C58H66ClFN12O6/c1-33(2)50(56(75)71-32-41(73)26-48(71)54-64-58(3,78-67-54)37-14-12-35(13-15-37)43-8-4-6-10-45(43)60)52-51(59)55(68-77-52)76-42-20-18-38(19-21-42)69-24-22-34(23-25-69)36-28-62-57(63-29-36)72-39-16-17-40(72)31-70(30-39)47-27-46(65-66-53(47)61)44-9-5-7-11-49(44)74/h4-15,27-29,33-34,38-42,48,50,73-74H,16-26,30-32H2,1-3H3,(H2,61,66)(H,64,67)/t38?,39?,40?,41-,42?,48+,50-,58+/m1/s1. The summed E-state index contributed by atoms with van der Waals surface area (Å²) in [6.07, 6.45) is 11.3. The highest BCUT2D eigenvalue weighted by molar-refractivity contribution is 6.32. The summed E-state index contributed by atoms with van der Waals surface area (Å²) < 4.78 is 26.8. The number of nitrogen functional groups attached to an aromatic ring is 1. The molecule has 6 aromatic rings. The molecule has 5 N–H and O–H groups in total. The molecule has 12 rings (SSSR count). The van der Waals surface area contributed by atoms with Gasteiger partial charge < -0.3 is 44.8 Å². The number of hydroxylamine groups is 1. The van der Waals surface area contributed by atoms with E-state index in [0.717, 1.165) is 100 Å². The van der Waals surface area contributed by atoms with E-state index in [1.807, 2.05) is 75.6 Å². The van der Waals surface area contributed by atoms with Crippen LogP contribution in [0.1, 0.15) is 107 Å². The number of carbonyl (C=O) groups excluding carboxylic acids is 1. The number of rotatable bonds is 13. The van der Waals surface area contributed by atoms with Gasteiger partial charge in [0, 0.05) is 73.3 Å². The van der Waals surface area contributed by atoms with Gasteiger partial charge in [0.05, 0.1) is 23.5 Å². The van der Waals surface area contributed by atoms with Gasteiger partial charge >= 0.3 is 0 Å². The number of para-hydroxylation sites is 1. The second-order valence-electron chi connectivity index (χ2n) is 22.4. The first-order valence-electron chi connectivity index (χ1n) is 27.5. The van der Waals surface area contributed by atoms with Crippen molar-refractivity contribution >= 4 is 40.8 Å². The minimum Gasteiger partial charge on any atom is -0.507 e. The number of aliphatic hydroxyl groups excluding tert-OH is 1. The molecular formula is C58H66ClFN12O6. The molecule has 3 aromatic heterocycles. The van der Waals surface area contributed by atoms with Crippen LogP contribution >= 0.6 is 11.6 Å². The molecule has 1 amide bonds. The van der Waals surface area contributed by atoms with Crippen molar-refractivity contribution in [1.29, 1.82) is 0 Å². The number of carbonyl (C=O) groups is 1. The molecule has 3 aromatic carbocycles. The number of hydrogen-bond donors (Lipinski definition) is 4. The minimum absolute atomic E-state index is 0.0923. The summed E-state index contributed by atoms with van der Waals surface area (Å²) in [6.45, 7) is 9.31. The Hall–Kier alpha value is -6.93. The minimum atomic E-state index is -1.13. The number of anilines is 3. The Bertz CT molecular complexity index is 3160. The molecule has 6 atom stereocenters. The molecule has 1 saturated carbocycles. The summed E-state index contributed by atoms with van der Waals surface area (Å²) in [7, 11) is 0. The van der Waals surface area contributed by atoms with Crippen LogP contribution in [0.3, 0.4) is 0 Å². The lowest BCUT2D eigenvalue weighted by atomic mass is 9.87. The van der Waals surface area contributed by atoms with E-state index in [2.05, 4.69) is 35.5 Å². The van der Waals surface area contributed by atoms with Crippen LogP contribution in [0.4, 0.5) is 21.8 Å². The number of amides is 1. The summed E-state index contributed by atoms with van der Waals surface area (Å²) in [5.74, 6) is 0.934. The average Bonchev–Trinajstić information content (AvgIpc) is 4.32. The van der Waals surface area contributed by atoms with Crippen LogP contribution in [0, 0.1) is 11.7 Å². The third kappa shape index (κ3) is 9.98. The largest absolute Gasteiger partial charge is 0.507 e. The second kappa shape index (κ2) is 21.4. The smallest absolute Gasteiger partial charge is 0.273 e. The predicted octanol–water partition coefficient (Wildman–Crippen LogP) is 8.60. The first kappa shape index (κ1) is 51.8. The van der Waals surface area contributed by atoms with Gasteiger partial charge in [0.2, 0.25) is 17.6 Å². The van der Waals surface area contributed by atoms with Crippen molar-refractivity contribution in [1.82, 2.24) is 40.6 Å². The van der Waals surface area contributed by atoms with Crippen molar-refractivity contribution in [2.45, 2.75) is 132 Å². The maximum absolute atomic E-state index is 14.6. The van der Waals surface area contributed by atoms with Gasteiger partial charge in [0.25, 0.3) is 5.88 Å². The fourth-order valence-corrected chi connectivity index (χ4v) is 13.2. The fraction of sp³-hybridized carbons (Fsp3) is 0.466. The Kier molecular flexibility index (Phi) is 14.2. The highest BCUT2D eigenvalue weighted by Crippen LogP contribution is 2.43. The van der Waals surface area contributed by atoms with Crippen molar-refractivity contribution in [2.24, 2.45) is 10.9 Å². The van der Waals surface area contributed by atoms with Crippen molar-refractivity contribution in [3.05, 3.63) is 119 Å². The zero-order valence-electron chi connectivity index (χ0n) is 44.1. The highest BCUT2D eigenvalue weighted by atomic mass is 35.5. The van der Waals surface area contributed by atoms with Crippen LogP contribution in [0.2, 0.25) is 5.02 Å². The Morgan fingerprint density at radius 2 is 1.56 bits per heavy atom. The van der Waals surface area contributed by atoms with Crippen LogP contribution in [0.25, 0.3) is 22.4 Å². The van der Waals surface area contributed by atoms with Gasteiger partial charge in [0.1, 0.15) is 34.4 Å². The molecule has 18 nitrogen and oxygen atoms in total. The quantitative estimate of drug-likeness (QED) is 0.0851. The second-order valence-corrected chi connectivity index (χ2v) is 22.8. The van der Waals surface area contributed by atoms with Gasteiger partial charge in [-0.15, -0.1) is 10.2 Å². The van der Waals surface area contributed by atoms with E-state index >= 15 is 0 Å². The number of nitrogens with one attached hydrogen (secondary N) is 1. The Morgan fingerprint density at radius 1 is 0.885 bits per heavy atom. The number of halogens is 2. The maximum Gasteiger partial charge on any atom is 0.273 e. The Balaban J connectivity index is 0.625. The number of aromatic hydroxyl groups is 1. The number of β-amino-alcohol motifs (C(OH)–C–C–N with tert-alkyl or cyclic N) is 1. The van der Waals surface area contributed by atoms with Crippen LogP contribution in [0.5, 0.6) is 11.6 Å². The molecule has 0 spiro atoms. The number of likely N-dealkylation sites (tertiary alicyclic amines) is 2. The van der Waals surface area contributed by atoms with Gasteiger partial charge in [-0.1, -0.05) is 80.0 Å². The number of aliphatic imine (C=N–C) groups is 1. The number of benzene rings is 3.